The van der Waals surface area contributed by atoms with E-state index in [1.54, 1.807) is 0 Å². The normalized spacial score (nSPS) is 35.8. The summed E-state index contributed by atoms with van der Waals surface area (Å²) in [6, 6.07) is 0. The predicted molar refractivity (Wildman–Crippen MR) is 54.4 cm³/mol. The van der Waals surface area contributed by atoms with Gasteiger partial charge in [-0.05, 0) is 16.7 Å². The second-order valence-electron chi connectivity index (χ2n) is 5.55. The lowest BCUT2D eigenvalue weighted by Crippen LogP contribution is -2.51. The van der Waals surface area contributed by atoms with E-state index in [9.17, 15) is 4.79 Å². The Kier molecular flexibility index (Phi) is 2.44. The van der Waals surface area contributed by atoms with Crippen molar-refractivity contribution in [2.75, 3.05) is 6.54 Å². The number of carbonyl (C=O) groups excluding carboxylic acids is 1. The summed E-state index contributed by atoms with van der Waals surface area (Å²) in [5.41, 5.74) is 0.333. The molecule has 76 valence electrons. The molecule has 0 aromatic heterocycles. The van der Waals surface area contributed by atoms with Crippen molar-refractivity contribution in [3.05, 3.63) is 0 Å². The minimum atomic E-state index is 0.134. The first-order valence-electron chi connectivity index (χ1n) is 5.04. The van der Waals surface area contributed by atoms with Gasteiger partial charge in [0.25, 0.3) is 0 Å². The van der Waals surface area contributed by atoms with E-state index in [-0.39, 0.29) is 16.7 Å². The molecule has 1 unspecified atom stereocenters. The lowest BCUT2D eigenvalue weighted by molar-refractivity contribution is -0.131. The molecule has 1 rings (SSSR count). The Morgan fingerprint density at radius 1 is 1.46 bits per heavy atom. The molecule has 1 aliphatic rings. The minimum Gasteiger partial charge on any atom is -0.356 e. The van der Waals surface area contributed by atoms with E-state index in [0.29, 0.717) is 12.3 Å². The summed E-state index contributed by atoms with van der Waals surface area (Å²) in [5.74, 6) is 0.765. The molecule has 1 heterocycles. The third kappa shape index (κ3) is 1.72. The molecule has 0 aromatic carbocycles. The first-order chi connectivity index (χ1) is 5.77. The number of nitrogens with one attached hydrogen (secondary N) is 1. The summed E-state index contributed by atoms with van der Waals surface area (Å²) < 4.78 is 0. The largest absolute Gasteiger partial charge is 0.356 e. The number of hydrogen-bond donors (Lipinski definition) is 1. The molecule has 2 nitrogen and oxygen atoms in total. The number of piperidine rings is 1. The molecule has 1 aliphatic heterocycles. The minimum absolute atomic E-state index is 0.134. The monoisotopic (exact) mass is 183 g/mol. The molecule has 1 N–H and O–H groups in total. The summed E-state index contributed by atoms with van der Waals surface area (Å²) >= 11 is 0. The summed E-state index contributed by atoms with van der Waals surface area (Å²) in [6.45, 7) is 12.0. The molecular formula is C11H21NO. The van der Waals surface area contributed by atoms with Crippen LogP contribution in [0.3, 0.4) is 0 Å². The van der Waals surface area contributed by atoms with Crippen LogP contribution < -0.4 is 5.32 Å². The molecule has 0 bridgehead atoms. The van der Waals surface area contributed by atoms with Gasteiger partial charge in [-0.1, -0.05) is 34.6 Å². The molecule has 1 saturated heterocycles. The van der Waals surface area contributed by atoms with Gasteiger partial charge in [-0.25, -0.2) is 0 Å². The van der Waals surface area contributed by atoms with Gasteiger partial charge >= 0.3 is 0 Å². The third-order valence-electron chi connectivity index (χ3n) is 3.93. The molecule has 0 aromatic rings. The van der Waals surface area contributed by atoms with E-state index in [1.807, 2.05) is 0 Å². The maximum Gasteiger partial charge on any atom is 0.220 e. The van der Waals surface area contributed by atoms with E-state index in [1.165, 1.54) is 0 Å². The second-order valence-corrected chi connectivity index (χ2v) is 5.55. The maximum atomic E-state index is 11.4. The Morgan fingerprint density at radius 3 is 2.38 bits per heavy atom. The Balaban J connectivity index is 2.91. The lowest BCUT2D eigenvalue weighted by atomic mass is 9.58. The first-order valence-corrected chi connectivity index (χ1v) is 5.04. The fourth-order valence-corrected chi connectivity index (χ4v) is 2.07. The summed E-state index contributed by atoms with van der Waals surface area (Å²) in [6.07, 6.45) is 0.664. The van der Waals surface area contributed by atoms with Crippen LogP contribution in [0.15, 0.2) is 0 Å². The Morgan fingerprint density at radius 2 is 2.00 bits per heavy atom. The SMILES string of the molecule is C[C@H]1CNC(=O)CC1(C)C(C)(C)C. The van der Waals surface area contributed by atoms with Crippen LogP contribution in [0.25, 0.3) is 0 Å². The van der Waals surface area contributed by atoms with Crippen molar-refractivity contribution in [2.45, 2.75) is 41.0 Å². The number of rotatable bonds is 0. The molecular weight excluding hydrogens is 162 g/mol. The molecule has 0 spiro atoms. The highest BCUT2D eigenvalue weighted by Gasteiger charge is 2.45. The van der Waals surface area contributed by atoms with Crippen LogP contribution >= 0.6 is 0 Å². The van der Waals surface area contributed by atoms with Crippen molar-refractivity contribution >= 4 is 5.91 Å². The van der Waals surface area contributed by atoms with Crippen LogP contribution in [0.5, 0.6) is 0 Å². The molecule has 2 heteroatoms. The molecule has 13 heavy (non-hydrogen) atoms. The van der Waals surface area contributed by atoms with Gasteiger partial charge in [0.15, 0.2) is 0 Å². The van der Waals surface area contributed by atoms with E-state index in [4.69, 9.17) is 0 Å². The average Bonchev–Trinajstić information content (AvgIpc) is 1.95. The fourth-order valence-electron chi connectivity index (χ4n) is 2.07. The van der Waals surface area contributed by atoms with Crippen LogP contribution in [0.4, 0.5) is 0 Å². The highest BCUT2D eigenvalue weighted by molar-refractivity contribution is 5.77. The van der Waals surface area contributed by atoms with Crippen molar-refractivity contribution in [2.24, 2.45) is 16.7 Å². The standard InChI is InChI=1S/C11H21NO/c1-8-7-12-9(13)6-11(8,5)10(2,3)4/h8H,6-7H2,1-5H3,(H,12,13)/t8-,11?/m0/s1. The maximum absolute atomic E-state index is 11.4. The quantitative estimate of drug-likeness (QED) is 0.613. The lowest BCUT2D eigenvalue weighted by Gasteiger charge is -2.48. The fraction of sp³-hybridized carbons (Fsp3) is 0.909. The van der Waals surface area contributed by atoms with Crippen LogP contribution in [0, 0.1) is 16.7 Å². The molecule has 2 atom stereocenters. The predicted octanol–water partition coefficient (Wildman–Crippen LogP) is 2.19. The smallest absolute Gasteiger partial charge is 0.220 e. The van der Waals surface area contributed by atoms with Gasteiger partial charge in [-0.2, -0.15) is 0 Å². The Labute approximate surface area is 81.1 Å². The Bertz CT molecular complexity index is 217. The van der Waals surface area contributed by atoms with Crippen molar-refractivity contribution in [3.8, 4) is 0 Å². The zero-order chi connectivity index (χ0) is 10.3. The van der Waals surface area contributed by atoms with Gasteiger partial charge < -0.3 is 5.32 Å². The second kappa shape index (κ2) is 3.00. The van der Waals surface area contributed by atoms with E-state index >= 15 is 0 Å². The van der Waals surface area contributed by atoms with Crippen molar-refractivity contribution in [3.63, 3.8) is 0 Å². The molecule has 0 saturated carbocycles. The van der Waals surface area contributed by atoms with Crippen molar-refractivity contribution < 1.29 is 4.79 Å². The van der Waals surface area contributed by atoms with Gasteiger partial charge in [0.2, 0.25) is 5.91 Å². The first kappa shape index (κ1) is 10.6. The van der Waals surface area contributed by atoms with Crippen molar-refractivity contribution in [1.29, 1.82) is 0 Å². The topological polar surface area (TPSA) is 29.1 Å². The van der Waals surface area contributed by atoms with Crippen molar-refractivity contribution in [1.82, 2.24) is 5.32 Å². The molecule has 0 aliphatic carbocycles. The van der Waals surface area contributed by atoms with Crippen LogP contribution in [0.2, 0.25) is 0 Å². The number of hydrogen-bond acceptors (Lipinski definition) is 1. The molecule has 1 fully saturated rings. The van der Waals surface area contributed by atoms with E-state index in [0.717, 1.165) is 6.54 Å². The van der Waals surface area contributed by atoms with Gasteiger partial charge in [0.1, 0.15) is 0 Å². The summed E-state index contributed by atoms with van der Waals surface area (Å²) in [4.78, 5) is 11.4. The van der Waals surface area contributed by atoms with Gasteiger partial charge in [-0.15, -0.1) is 0 Å². The zero-order valence-electron chi connectivity index (χ0n) is 9.40. The van der Waals surface area contributed by atoms with Crippen LogP contribution in [0.1, 0.15) is 41.0 Å². The zero-order valence-corrected chi connectivity index (χ0v) is 9.40. The van der Waals surface area contributed by atoms with Gasteiger partial charge in [0, 0.05) is 13.0 Å². The summed E-state index contributed by atoms with van der Waals surface area (Å²) in [5, 5.41) is 2.92. The van der Waals surface area contributed by atoms with Crippen LogP contribution in [-0.4, -0.2) is 12.5 Å². The Hall–Kier alpha value is -0.530. The van der Waals surface area contributed by atoms with Gasteiger partial charge in [-0.3, -0.25) is 4.79 Å². The molecule has 0 radical (unpaired) electrons. The van der Waals surface area contributed by atoms with Crippen LogP contribution in [-0.2, 0) is 4.79 Å². The highest BCUT2D eigenvalue weighted by Crippen LogP contribution is 2.48. The third-order valence-corrected chi connectivity index (χ3v) is 3.93. The van der Waals surface area contributed by atoms with E-state index < -0.39 is 0 Å². The van der Waals surface area contributed by atoms with Gasteiger partial charge in [0.05, 0.1) is 0 Å². The number of amides is 1. The molecule has 1 amide bonds. The van der Waals surface area contributed by atoms with E-state index in [2.05, 4.69) is 39.9 Å². The summed E-state index contributed by atoms with van der Waals surface area (Å²) in [7, 11) is 0. The number of carbonyl (C=O) groups is 1. The average molecular weight is 183 g/mol. The highest BCUT2D eigenvalue weighted by atomic mass is 16.1.